The lowest BCUT2D eigenvalue weighted by Gasteiger charge is -2.04. The average Bonchev–Trinajstić information content (AvgIpc) is 2.87. The standard InChI is InChI=1S/C11H14N4O2S/c1-2-10-13-8-11(15-10)18(16,17)14-7-9-4-3-5-12-6-9/h3-6,8,14H,2,7H2,1H3,(H,13,15). The Balaban J connectivity index is 2.08. The third kappa shape index (κ3) is 2.93. The molecule has 6 nitrogen and oxygen atoms in total. The molecule has 0 aliphatic heterocycles. The molecule has 2 aromatic rings. The van der Waals surface area contributed by atoms with Crippen LogP contribution in [0.2, 0.25) is 0 Å². The predicted molar refractivity (Wildman–Crippen MR) is 66.2 cm³/mol. The molecule has 2 heterocycles. The number of aryl methyl sites for hydroxylation is 1. The lowest BCUT2D eigenvalue weighted by molar-refractivity contribution is 0.577. The summed E-state index contributed by atoms with van der Waals surface area (Å²) in [4.78, 5) is 10.7. The van der Waals surface area contributed by atoms with Crippen molar-refractivity contribution >= 4 is 10.0 Å². The summed E-state index contributed by atoms with van der Waals surface area (Å²) in [6, 6.07) is 3.56. The van der Waals surface area contributed by atoms with Crippen molar-refractivity contribution in [3.63, 3.8) is 0 Å². The first-order valence-corrected chi connectivity index (χ1v) is 7.02. The van der Waals surface area contributed by atoms with Gasteiger partial charge >= 0.3 is 0 Å². The van der Waals surface area contributed by atoms with E-state index in [4.69, 9.17) is 0 Å². The number of aromatic nitrogens is 3. The van der Waals surface area contributed by atoms with Crippen LogP contribution in [0, 0.1) is 0 Å². The lowest BCUT2D eigenvalue weighted by Crippen LogP contribution is -2.23. The molecule has 0 bridgehead atoms. The van der Waals surface area contributed by atoms with Gasteiger partial charge in [-0.05, 0) is 11.6 Å². The maximum absolute atomic E-state index is 11.9. The number of pyridine rings is 1. The first-order chi connectivity index (χ1) is 8.62. The number of nitrogens with zero attached hydrogens (tertiary/aromatic N) is 2. The molecule has 0 amide bonds. The smallest absolute Gasteiger partial charge is 0.257 e. The second-order valence-electron chi connectivity index (χ2n) is 3.73. The Kier molecular flexibility index (Phi) is 3.73. The number of nitrogens with one attached hydrogen (secondary N) is 2. The predicted octanol–water partition coefficient (Wildman–Crippen LogP) is 0.846. The number of imidazole rings is 1. The van der Waals surface area contributed by atoms with Crippen molar-refractivity contribution in [3.05, 3.63) is 42.1 Å². The third-order valence-electron chi connectivity index (χ3n) is 2.42. The van der Waals surface area contributed by atoms with Crippen LogP contribution in [0.5, 0.6) is 0 Å². The summed E-state index contributed by atoms with van der Waals surface area (Å²) in [5, 5.41) is 0.0863. The quantitative estimate of drug-likeness (QED) is 0.839. The van der Waals surface area contributed by atoms with Crippen LogP contribution < -0.4 is 4.72 Å². The van der Waals surface area contributed by atoms with Crippen LogP contribution in [0.4, 0.5) is 0 Å². The maximum Gasteiger partial charge on any atom is 0.257 e. The molecule has 2 N–H and O–H groups in total. The Labute approximate surface area is 106 Å². The molecule has 96 valence electrons. The molecule has 0 radical (unpaired) electrons. The lowest BCUT2D eigenvalue weighted by atomic mass is 10.3. The molecule has 0 saturated carbocycles. The van der Waals surface area contributed by atoms with Gasteiger partial charge in [0.1, 0.15) is 5.82 Å². The molecular weight excluding hydrogens is 252 g/mol. The van der Waals surface area contributed by atoms with Crippen molar-refractivity contribution in [2.75, 3.05) is 0 Å². The van der Waals surface area contributed by atoms with Crippen molar-refractivity contribution in [2.24, 2.45) is 0 Å². The van der Waals surface area contributed by atoms with Crippen molar-refractivity contribution in [1.82, 2.24) is 19.7 Å². The molecule has 2 rings (SSSR count). The van der Waals surface area contributed by atoms with Gasteiger partial charge in [-0.1, -0.05) is 13.0 Å². The number of hydrogen-bond donors (Lipinski definition) is 2. The summed E-state index contributed by atoms with van der Waals surface area (Å²) >= 11 is 0. The zero-order valence-corrected chi connectivity index (χ0v) is 10.7. The summed E-state index contributed by atoms with van der Waals surface area (Å²) in [5.41, 5.74) is 0.802. The van der Waals surface area contributed by atoms with Crippen LogP contribution in [0.1, 0.15) is 18.3 Å². The van der Waals surface area contributed by atoms with E-state index in [0.717, 1.165) is 5.56 Å². The van der Waals surface area contributed by atoms with Gasteiger partial charge in [0.25, 0.3) is 10.0 Å². The van der Waals surface area contributed by atoms with Gasteiger partial charge in [-0.3, -0.25) is 4.98 Å². The minimum absolute atomic E-state index is 0.0863. The van der Waals surface area contributed by atoms with Crippen molar-refractivity contribution in [1.29, 1.82) is 0 Å². The van der Waals surface area contributed by atoms with E-state index >= 15 is 0 Å². The van der Waals surface area contributed by atoms with Gasteiger partial charge in [-0.15, -0.1) is 0 Å². The second-order valence-corrected chi connectivity index (χ2v) is 5.47. The SMILES string of the molecule is CCc1ncc(S(=O)(=O)NCc2cccnc2)[nH]1. The van der Waals surface area contributed by atoms with Gasteiger partial charge in [-0.2, -0.15) is 0 Å². The molecule has 0 aliphatic carbocycles. The Bertz CT molecular complexity index is 607. The molecular formula is C11H14N4O2S. The summed E-state index contributed by atoms with van der Waals surface area (Å²) in [6.07, 6.45) is 5.25. The fourth-order valence-electron chi connectivity index (χ4n) is 1.42. The fraction of sp³-hybridized carbons (Fsp3) is 0.273. The Hall–Kier alpha value is -1.73. The van der Waals surface area contributed by atoms with Crippen LogP contribution in [-0.2, 0) is 23.0 Å². The highest BCUT2D eigenvalue weighted by molar-refractivity contribution is 7.89. The van der Waals surface area contributed by atoms with Crippen LogP contribution in [0.25, 0.3) is 0 Å². The Morgan fingerprint density at radius 1 is 1.39 bits per heavy atom. The molecule has 7 heteroatoms. The number of rotatable bonds is 5. The van der Waals surface area contributed by atoms with Crippen molar-refractivity contribution in [2.45, 2.75) is 24.9 Å². The normalized spacial score (nSPS) is 11.6. The second kappa shape index (κ2) is 5.28. The van der Waals surface area contributed by atoms with Crippen LogP contribution in [-0.4, -0.2) is 23.4 Å². The molecule has 2 aromatic heterocycles. The monoisotopic (exact) mass is 266 g/mol. The maximum atomic E-state index is 11.9. The van der Waals surface area contributed by atoms with Crippen LogP contribution in [0.3, 0.4) is 0 Å². The summed E-state index contributed by atoms with van der Waals surface area (Å²) in [7, 11) is -3.54. The number of hydrogen-bond acceptors (Lipinski definition) is 4. The van der Waals surface area contributed by atoms with Gasteiger partial charge in [0, 0.05) is 25.4 Å². The van der Waals surface area contributed by atoms with E-state index in [9.17, 15) is 8.42 Å². The first-order valence-electron chi connectivity index (χ1n) is 5.54. The molecule has 0 saturated heterocycles. The number of H-pyrrole nitrogens is 1. The molecule has 0 fully saturated rings. The fourth-order valence-corrected chi connectivity index (χ4v) is 2.37. The Morgan fingerprint density at radius 2 is 2.22 bits per heavy atom. The summed E-state index contributed by atoms with van der Waals surface area (Å²) in [5.74, 6) is 0.650. The van der Waals surface area contributed by atoms with Gasteiger partial charge in [0.15, 0.2) is 5.03 Å². The zero-order valence-electron chi connectivity index (χ0n) is 9.92. The Morgan fingerprint density at radius 3 is 2.83 bits per heavy atom. The molecule has 0 aromatic carbocycles. The van der Waals surface area contributed by atoms with Gasteiger partial charge in [0.05, 0.1) is 6.20 Å². The van der Waals surface area contributed by atoms with Crippen LogP contribution >= 0.6 is 0 Å². The van der Waals surface area contributed by atoms with E-state index in [1.54, 1.807) is 24.5 Å². The van der Waals surface area contributed by atoms with Crippen LogP contribution in [0.15, 0.2) is 35.7 Å². The molecule has 0 spiro atoms. The highest BCUT2D eigenvalue weighted by Crippen LogP contribution is 2.07. The minimum Gasteiger partial charge on any atom is -0.332 e. The molecule has 0 atom stereocenters. The first kappa shape index (κ1) is 12.7. The molecule has 0 unspecified atom stereocenters. The van der Waals surface area contributed by atoms with E-state index in [2.05, 4.69) is 19.7 Å². The van der Waals surface area contributed by atoms with Gasteiger partial charge in [0.2, 0.25) is 0 Å². The highest BCUT2D eigenvalue weighted by Gasteiger charge is 2.16. The van der Waals surface area contributed by atoms with E-state index in [-0.39, 0.29) is 11.6 Å². The highest BCUT2D eigenvalue weighted by atomic mass is 32.2. The van der Waals surface area contributed by atoms with E-state index in [1.807, 2.05) is 6.92 Å². The largest absolute Gasteiger partial charge is 0.332 e. The summed E-state index contributed by atoms with van der Waals surface area (Å²) in [6.45, 7) is 2.11. The number of sulfonamides is 1. The topological polar surface area (TPSA) is 87.7 Å². The zero-order chi connectivity index (χ0) is 13.0. The molecule has 18 heavy (non-hydrogen) atoms. The van der Waals surface area contributed by atoms with E-state index in [1.165, 1.54) is 6.20 Å². The van der Waals surface area contributed by atoms with Crippen molar-refractivity contribution in [3.8, 4) is 0 Å². The van der Waals surface area contributed by atoms with Gasteiger partial charge < -0.3 is 4.98 Å². The number of aromatic amines is 1. The van der Waals surface area contributed by atoms with Gasteiger partial charge in [-0.25, -0.2) is 18.1 Å². The minimum atomic E-state index is -3.54. The van der Waals surface area contributed by atoms with E-state index in [0.29, 0.717) is 12.2 Å². The third-order valence-corrected chi connectivity index (χ3v) is 3.73. The van der Waals surface area contributed by atoms with Crippen molar-refractivity contribution < 1.29 is 8.42 Å². The molecule has 0 aliphatic rings. The van der Waals surface area contributed by atoms with E-state index < -0.39 is 10.0 Å². The summed E-state index contributed by atoms with van der Waals surface area (Å²) < 4.78 is 26.4. The average molecular weight is 266 g/mol.